The molecule has 0 saturated carbocycles. The molecule has 1 amide bonds. The minimum atomic E-state index is -0.314. The van der Waals surface area contributed by atoms with Crippen LogP contribution in [-0.2, 0) is 0 Å². The fraction of sp³-hybridized carbons (Fsp3) is 0. The number of amides is 1. The summed E-state index contributed by atoms with van der Waals surface area (Å²) in [6, 6.07) is 15.0. The first-order valence-corrected chi connectivity index (χ1v) is 9.54. The normalized spacial score (nSPS) is 11.0. The summed E-state index contributed by atoms with van der Waals surface area (Å²) >= 11 is 23.9. The van der Waals surface area contributed by atoms with Crippen LogP contribution in [0.25, 0.3) is 22.6 Å². The Morgan fingerprint density at radius 1 is 0.821 bits per heavy atom. The minimum Gasteiger partial charge on any atom is -0.436 e. The van der Waals surface area contributed by atoms with Crippen molar-refractivity contribution in [3.63, 3.8) is 0 Å². The van der Waals surface area contributed by atoms with Gasteiger partial charge in [0.25, 0.3) is 5.91 Å². The highest BCUT2D eigenvalue weighted by Crippen LogP contribution is 2.31. The Bertz CT molecular complexity index is 1220. The SMILES string of the molecule is O=C(Nc1ccc2oc(-c3ccc(Cl)c(Cl)c3)nc2c1)c1ccc(Cl)c(Cl)c1. The molecular formula is C20H10Cl4N2O2. The first-order chi connectivity index (χ1) is 13.4. The van der Waals surface area contributed by atoms with Gasteiger partial charge in [0.2, 0.25) is 5.89 Å². The number of hydrogen-bond acceptors (Lipinski definition) is 3. The van der Waals surface area contributed by atoms with E-state index in [2.05, 4.69) is 10.3 Å². The van der Waals surface area contributed by atoms with Crippen molar-refractivity contribution in [3.8, 4) is 11.5 Å². The van der Waals surface area contributed by atoms with Gasteiger partial charge in [0.1, 0.15) is 5.52 Å². The van der Waals surface area contributed by atoms with Gasteiger partial charge in [-0.1, -0.05) is 46.4 Å². The summed E-state index contributed by atoms with van der Waals surface area (Å²) < 4.78 is 5.76. The van der Waals surface area contributed by atoms with Crippen molar-refractivity contribution in [1.82, 2.24) is 4.98 Å². The van der Waals surface area contributed by atoms with Crippen LogP contribution in [-0.4, -0.2) is 10.9 Å². The second-order valence-corrected chi connectivity index (χ2v) is 7.54. The van der Waals surface area contributed by atoms with Gasteiger partial charge in [-0.05, 0) is 54.6 Å². The molecule has 0 fully saturated rings. The summed E-state index contributed by atoms with van der Waals surface area (Å²) in [5, 5.41) is 4.37. The first kappa shape index (κ1) is 19.1. The van der Waals surface area contributed by atoms with E-state index in [1.807, 2.05) is 0 Å². The molecule has 0 aliphatic heterocycles. The summed E-state index contributed by atoms with van der Waals surface area (Å²) in [7, 11) is 0. The van der Waals surface area contributed by atoms with Crippen molar-refractivity contribution in [1.29, 1.82) is 0 Å². The molecular weight excluding hydrogens is 442 g/mol. The molecule has 0 saturated heterocycles. The molecule has 28 heavy (non-hydrogen) atoms. The average molecular weight is 452 g/mol. The maximum absolute atomic E-state index is 12.4. The zero-order chi connectivity index (χ0) is 19.8. The van der Waals surface area contributed by atoms with Gasteiger partial charge in [0.05, 0.1) is 20.1 Å². The Kier molecular flexibility index (Phi) is 5.21. The van der Waals surface area contributed by atoms with E-state index in [1.54, 1.807) is 48.5 Å². The van der Waals surface area contributed by atoms with Gasteiger partial charge in [-0.3, -0.25) is 4.79 Å². The van der Waals surface area contributed by atoms with Crippen molar-refractivity contribution < 1.29 is 9.21 Å². The predicted molar refractivity (Wildman–Crippen MR) is 114 cm³/mol. The van der Waals surface area contributed by atoms with Crippen molar-refractivity contribution >= 4 is 69.1 Å². The summed E-state index contributed by atoms with van der Waals surface area (Å²) in [5.41, 5.74) is 2.83. The molecule has 4 aromatic rings. The third-order valence-corrected chi connectivity index (χ3v) is 5.47. The van der Waals surface area contributed by atoms with Gasteiger partial charge < -0.3 is 9.73 Å². The van der Waals surface area contributed by atoms with Crippen molar-refractivity contribution in [3.05, 3.63) is 80.3 Å². The van der Waals surface area contributed by atoms with Crippen molar-refractivity contribution in [2.45, 2.75) is 0 Å². The quantitative estimate of drug-likeness (QED) is 0.354. The Balaban J connectivity index is 1.61. The number of aromatic nitrogens is 1. The van der Waals surface area contributed by atoms with Gasteiger partial charge in [0.15, 0.2) is 5.58 Å². The van der Waals surface area contributed by atoms with E-state index < -0.39 is 0 Å². The number of carbonyl (C=O) groups excluding carboxylic acids is 1. The molecule has 0 unspecified atom stereocenters. The van der Waals surface area contributed by atoms with Crippen LogP contribution in [0.1, 0.15) is 10.4 Å². The topological polar surface area (TPSA) is 55.1 Å². The molecule has 0 atom stereocenters. The average Bonchev–Trinajstić information content (AvgIpc) is 3.09. The van der Waals surface area contributed by atoms with Gasteiger partial charge in [-0.15, -0.1) is 0 Å². The van der Waals surface area contributed by atoms with Gasteiger partial charge in [0, 0.05) is 16.8 Å². The summed E-state index contributed by atoms with van der Waals surface area (Å²) in [5.74, 6) is 0.0904. The number of hydrogen-bond donors (Lipinski definition) is 1. The maximum atomic E-state index is 12.4. The monoisotopic (exact) mass is 450 g/mol. The minimum absolute atomic E-state index is 0.313. The van der Waals surface area contributed by atoms with E-state index >= 15 is 0 Å². The molecule has 1 aromatic heterocycles. The zero-order valence-electron chi connectivity index (χ0n) is 14.0. The lowest BCUT2D eigenvalue weighted by Crippen LogP contribution is -2.11. The molecule has 3 aromatic carbocycles. The molecule has 4 nitrogen and oxygen atoms in total. The number of halogens is 4. The van der Waals surface area contributed by atoms with Crippen molar-refractivity contribution in [2.24, 2.45) is 0 Å². The Hall–Kier alpha value is -2.24. The molecule has 1 N–H and O–H groups in total. The highest BCUT2D eigenvalue weighted by atomic mass is 35.5. The van der Waals surface area contributed by atoms with E-state index in [4.69, 9.17) is 50.8 Å². The first-order valence-electron chi connectivity index (χ1n) is 8.03. The number of nitrogens with zero attached hydrogens (tertiary/aromatic N) is 1. The lowest BCUT2D eigenvalue weighted by atomic mass is 10.2. The van der Waals surface area contributed by atoms with Crippen LogP contribution in [0.4, 0.5) is 5.69 Å². The summed E-state index contributed by atoms with van der Waals surface area (Å²) in [6.07, 6.45) is 0. The smallest absolute Gasteiger partial charge is 0.255 e. The lowest BCUT2D eigenvalue weighted by molar-refractivity contribution is 0.102. The third-order valence-electron chi connectivity index (χ3n) is 3.99. The van der Waals surface area contributed by atoms with Crippen LogP contribution < -0.4 is 5.32 Å². The predicted octanol–water partition coefficient (Wildman–Crippen LogP) is 7.36. The van der Waals surface area contributed by atoms with E-state index in [9.17, 15) is 4.79 Å². The van der Waals surface area contributed by atoms with Crippen LogP contribution in [0.3, 0.4) is 0 Å². The van der Waals surface area contributed by atoms with Crippen LogP contribution in [0.15, 0.2) is 59.0 Å². The van der Waals surface area contributed by atoms with E-state index in [1.165, 1.54) is 6.07 Å². The second-order valence-electron chi connectivity index (χ2n) is 5.91. The van der Waals surface area contributed by atoms with Crippen LogP contribution in [0.2, 0.25) is 20.1 Å². The highest BCUT2D eigenvalue weighted by Gasteiger charge is 2.13. The van der Waals surface area contributed by atoms with E-state index in [0.717, 1.165) is 0 Å². The number of benzene rings is 3. The van der Waals surface area contributed by atoms with Crippen LogP contribution >= 0.6 is 46.4 Å². The summed E-state index contributed by atoms with van der Waals surface area (Å²) in [4.78, 5) is 16.9. The molecule has 8 heteroatoms. The molecule has 0 aliphatic carbocycles. The molecule has 0 radical (unpaired) electrons. The molecule has 0 spiro atoms. The zero-order valence-corrected chi connectivity index (χ0v) is 17.0. The highest BCUT2D eigenvalue weighted by molar-refractivity contribution is 6.42. The fourth-order valence-corrected chi connectivity index (χ4v) is 3.19. The number of rotatable bonds is 3. The lowest BCUT2D eigenvalue weighted by Gasteiger charge is -2.06. The second kappa shape index (κ2) is 7.64. The number of oxazole rings is 1. The van der Waals surface area contributed by atoms with Gasteiger partial charge >= 0.3 is 0 Å². The largest absolute Gasteiger partial charge is 0.436 e. The number of carbonyl (C=O) groups is 1. The van der Waals surface area contributed by atoms with Crippen molar-refractivity contribution in [2.75, 3.05) is 5.32 Å². The molecule has 1 heterocycles. The van der Waals surface area contributed by atoms with Crippen LogP contribution in [0, 0.1) is 0 Å². The number of anilines is 1. The Morgan fingerprint density at radius 3 is 2.25 bits per heavy atom. The van der Waals surface area contributed by atoms with Gasteiger partial charge in [-0.25, -0.2) is 4.98 Å². The summed E-state index contributed by atoms with van der Waals surface area (Å²) in [6.45, 7) is 0. The standard InChI is InChI=1S/C20H10Cl4N2O2/c21-13-4-1-10(7-15(13)23)19(27)25-12-3-6-18-17(9-12)26-20(28-18)11-2-5-14(22)16(24)8-11/h1-9H,(H,25,27). The maximum Gasteiger partial charge on any atom is 0.255 e. The Morgan fingerprint density at radius 2 is 1.54 bits per heavy atom. The molecule has 140 valence electrons. The number of fused-ring (bicyclic) bond motifs is 1. The number of nitrogens with one attached hydrogen (secondary N) is 1. The fourth-order valence-electron chi connectivity index (χ4n) is 2.60. The van der Waals surface area contributed by atoms with E-state index in [-0.39, 0.29) is 5.91 Å². The third kappa shape index (κ3) is 3.82. The molecule has 4 rings (SSSR count). The van der Waals surface area contributed by atoms with E-state index in [0.29, 0.717) is 53.9 Å². The van der Waals surface area contributed by atoms with Crippen LogP contribution in [0.5, 0.6) is 0 Å². The van der Waals surface area contributed by atoms with Gasteiger partial charge in [-0.2, -0.15) is 0 Å². The molecule has 0 bridgehead atoms. The molecule has 0 aliphatic rings. The Labute approximate surface area is 180 Å².